The first-order valence-electron chi connectivity index (χ1n) is 15.9. The molecule has 9 rings (SSSR count). The maximum Gasteiger partial charge on any atom is 0.0361 e. The minimum atomic E-state index is 0.304. The van der Waals surface area contributed by atoms with Gasteiger partial charge in [-0.25, -0.2) is 0 Å². The highest BCUT2D eigenvalue weighted by Crippen LogP contribution is 2.49. The van der Waals surface area contributed by atoms with E-state index in [4.69, 9.17) is 0 Å². The van der Waals surface area contributed by atoms with E-state index in [1.165, 1.54) is 86.6 Å². The Morgan fingerprint density at radius 1 is 0.578 bits per heavy atom. The van der Waals surface area contributed by atoms with Crippen molar-refractivity contribution < 1.29 is 0 Å². The Morgan fingerprint density at radius 3 is 2.13 bits per heavy atom. The highest BCUT2D eigenvalue weighted by molar-refractivity contribution is 7.25. The minimum Gasteiger partial charge on any atom is -0.135 e. The van der Waals surface area contributed by atoms with E-state index < -0.39 is 0 Å². The van der Waals surface area contributed by atoms with Gasteiger partial charge in [-0.1, -0.05) is 121 Å². The van der Waals surface area contributed by atoms with Crippen molar-refractivity contribution in [1.82, 2.24) is 0 Å². The van der Waals surface area contributed by atoms with Crippen molar-refractivity contribution in [1.29, 1.82) is 0 Å². The van der Waals surface area contributed by atoms with E-state index in [-0.39, 0.29) is 0 Å². The zero-order valence-electron chi connectivity index (χ0n) is 25.3. The Morgan fingerprint density at radius 2 is 1.29 bits per heavy atom. The van der Waals surface area contributed by atoms with Gasteiger partial charge in [0.05, 0.1) is 0 Å². The van der Waals surface area contributed by atoms with Crippen LogP contribution in [0.1, 0.15) is 39.3 Å². The second kappa shape index (κ2) is 10.6. The predicted molar refractivity (Wildman–Crippen MR) is 194 cm³/mol. The van der Waals surface area contributed by atoms with Crippen molar-refractivity contribution in [2.24, 2.45) is 0 Å². The molecule has 1 heterocycles. The molecule has 0 fully saturated rings. The molecule has 0 amide bonds. The summed E-state index contributed by atoms with van der Waals surface area (Å²) in [4.78, 5) is 0. The van der Waals surface area contributed by atoms with Crippen molar-refractivity contribution in [3.63, 3.8) is 0 Å². The normalized spacial score (nSPS) is 14.1. The number of benzene rings is 7. The third-order valence-corrected chi connectivity index (χ3v) is 11.0. The Balaban J connectivity index is 1.23. The van der Waals surface area contributed by atoms with Gasteiger partial charge in [0.1, 0.15) is 0 Å². The van der Waals surface area contributed by atoms with Crippen LogP contribution in [0.25, 0.3) is 53.2 Å². The summed E-state index contributed by atoms with van der Waals surface area (Å²) in [6, 6.07) is 54.5. The maximum absolute atomic E-state index is 2.49. The van der Waals surface area contributed by atoms with E-state index >= 15 is 0 Å². The Labute approximate surface area is 268 Å². The first-order chi connectivity index (χ1) is 22.2. The molecule has 0 aliphatic heterocycles. The molecular weight excluding hydrogens is 561 g/mol. The Hall–Kier alpha value is -4.98. The van der Waals surface area contributed by atoms with Gasteiger partial charge in [0.2, 0.25) is 0 Å². The molecule has 45 heavy (non-hydrogen) atoms. The highest BCUT2D eigenvalue weighted by atomic mass is 32.1. The van der Waals surface area contributed by atoms with Crippen LogP contribution in [-0.2, 0) is 12.8 Å². The van der Waals surface area contributed by atoms with Crippen LogP contribution in [-0.4, -0.2) is 0 Å². The van der Waals surface area contributed by atoms with E-state index in [0.29, 0.717) is 5.92 Å². The van der Waals surface area contributed by atoms with Crippen LogP contribution in [0, 0.1) is 6.92 Å². The van der Waals surface area contributed by atoms with E-state index in [1.54, 1.807) is 0 Å². The Kier molecular flexibility index (Phi) is 6.21. The van der Waals surface area contributed by atoms with Crippen LogP contribution >= 0.6 is 11.3 Å². The average molecular weight is 593 g/mol. The van der Waals surface area contributed by atoms with Gasteiger partial charge in [-0.15, -0.1) is 11.3 Å². The van der Waals surface area contributed by atoms with E-state index in [1.807, 2.05) is 11.3 Å². The van der Waals surface area contributed by atoms with E-state index in [9.17, 15) is 0 Å². The quantitative estimate of drug-likeness (QED) is 0.191. The molecule has 1 unspecified atom stereocenters. The highest BCUT2D eigenvalue weighted by Gasteiger charge is 2.29. The topological polar surface area (TPSA) is 0 Å². The summed E-state index contributed by atoms with van der Waals surface area (Å²) in [5, 5.41) is 5.36. The molecule has 214 valence electrons. The number of hydrogen-bond acceptors (Lipinski definition) is 1. The maximum atomic E-state index is 2.49. The molecular formula is C44H32S. The molecule has 0 radical (unpaired) electrons. The van der Waals surface area contributed by atoms with Gasteiger partial charge in [-0.2, -0.15) is 0 Å². The molecule has 1 atom stereocenters. The van der Waals surface area contributed by atoms with Crippen LogP contribution in [0.15, 0.2) is 146 Å². The molecule has 1 aliphatic carbocycles. The Bertz CT molecular complexity index is 2390. The van der Waals surface area contributed by atoms with Crippen molar-refractivity contribution in [3.8, 4) is 22.3 Å². The minimum absolute atomic E-state index is 0.304. The standard InChI is InChI=1S/C44H32S/c1-28-11-5-8-16-35(28)43-33(23-29-12-3-2-4-13-29)19-20-34-26-38(36-17-9-10-18-37(36)44(34)43)32-21-22-41-39(25-32)40-24-30-14-6-7-15-31(30)27-42(40)45-41/h2-22,24-25,27,38H,23,26H2,1H3. The molecule has 1 aliphatic rings. The number of fused-ring (bicyclic) bond motifs is 7. The zero-order chi connectivity index (χ0) is 29.9. The lowest BCUT2D eigenvalue weighted by Gasteiger charge is -2.31. The van der Waals surface area contributed by atoms with Crippen molar-refractivity contribution in [2.45, 2.75) is 25.7 Å². The fourth-order valence-corrected chi connectivity index (χ4v) is 8.76. The molecule has 8 aromatic rings. The molecule has 0 bridgehead atoms. The van der Waals surface area contributed by atoms with Crippen LogP contribution in [0.4, 0.5) is 0 Å². The summed E-state index contributed by atoms with van der Waals surface area (Å²) in [6.45, 7) is 2.25. The molecule has 0 saturated heterocycles. The van der Waals surface area contributed by atoms with Crippen LogP contribution in [0.3, 0.4) is 0 Å². The fraction of sp³-hybridized carbons (Fsp3) is 0.0909. The van der Waals surface area contributed by atoms with Gasteiger partial charge in [-0.05, 0) is 110 Å². The van der Waals surface area contributed by atoms with Gasteiger partial charge in [0.15, 0.2) is 0 Å². The number of thiophene rings is 1. The smallest absolute Gasteiger partial charge is 0.0361 e. The summed E-state index contributed by atoms with van der Waals surface area (Å²) in [5.74, 6) is 0.304. The number of aryl methyl sites for hydroxylation is 1. The van der Waals surface area contributed by atoms with E-state index in [0.717, 1.165) is 12.8 Å². The second-order valence-corrected chi connectivity index (χ2v) is 13.6. The van der Waals surface area contributed by atoms with Crippen molar-refractivity contribution in [2.75, 3.05) is 0 Å². The van der Waals surface area contributed by atoms with Crippen molar-refractivity contribution in [3.05, 3.63) is 179 Å². The van der Waals surface area contributed by atoms with Gasteiger partial charge in [0, 0.05) is 26.1 Å². The summed E-state index contributed by atoms with van der Waals surface area (Å²) < 4.78 is 2.73. The van der Waals surface area contributed by atoms with Gasteiger partial charge in [0.25, 0.3) is 0 Å². The van der Waals surface area contributed by atoms with Gasteiger partial charge in [-0.3, -0.25) is 0 Å². The average Bonchev–Trinajstić information content (AvgIpc) is 3.44. The lowest BCUT2D eigenvalue weighted by Crippen LogP contribution is -2.14. The SMILES string of the molecule is Cc1ccccc1-c1c(Cc2ccccc2)ccc2c1-c1ccccc1C(c1ccc3sc4cc5ccccc5cc4c3c1)C2. The molecule has 0 saturated carbocycles. The van der Waals surface area contributed by atoms with E-state index in [2.05, 4.69) is 153 Å². The molecule has 1 heteroatoms. The summed E-state index contributed by atoms with van der Waals surface area (Å²) in [5.41, 5.74) is 13.9. The molecule has 7 aromatic carbocycles. The number of rotatable bonds is 4. The molecule has 0 N–H and O–H groups in total. The summed E-state index contributed by atoms with van der Waals surface area (Å²) in [6.07, 6.45) is 1.91. The number of hydrogen-bond donors (Lipinski definition) is 0. The predicted octanol–water partition coefficient (Wildman–Crippen LogP) is 12.1. The van der Waals surface area contributed by atoms with Crippen molar-refractivity contribution >= 4 is 42.3 Å². The molecule has 0 nitrogen and oxygen atoms in total. The third-order valence-electron chi connectivity index (χ3n) is 9.82. The van der Waals surface area contributed by atoms with Crippen LogP contribution in [0.5, 0.6) is 0 Å². The van der Waals surface area contributed by atoms with Crippen LogP contribution < -0.4 is 0 Å². The van der Waals surface area contributed by atoms with Gasteiger partial charge >= 0.3 is 0 Å². The summed E-state index contributed by atoms with van der Waals surface area (Å²) in [7, 11) is 0. The lowest BCUT2D eigenvalue weighted by atomic mass is 9.72. The largest absolute Gasteiger partial charge is 0.135 e. The summed E-state index contributed by atoms with van der Waals surface area (Å²) >= 11 is 1.91. The lowest BCUT2D eigenvalue weighted by molar-refractivity contribution is 0.795. The monoisotopic (exact) mass is 592 g/mol. The van der Waals surface area contributed by atoms with Gasteiger partial charge < -0.3 is 0 Å². The zero-order valence-corrected chi connectivity index (χ0v) is 26.1. The molecule has 0 spiro atoms. The molecule has 1 aromatic heterocycles. The third kappa shape index (κ3) is 4.42. The first-order valence-corrected chi connectivity index (χ1v) is 16.7. The fourth-order valence-electron chi connectivity index (χ4n) is 7.64. The second-order valence-electron chi connectivity index (χ2n) is 12.5. The first kappa shape index (κ1) is 26.4. The van der Waals surface area contributed by atoms with Crippen LogP contribution in [0.2, 0.25) is 0 Å².